The van der Waals surface area contributed by atoms with Gasteiger partial charge in [0.25, 0.3) is 0 Å². The topological polar surface area (TPSA) is 73.4 Å². The van der Waals surface area contributed by atoms with Gasteiger partial charge in [-0.3, -0.25) is 4.79 Å². The third kappa shape index (κ3) is 3.31. The summed E-state index contributed by atoms with van der Waals surface area (Å²) in [4.78, 5) is 14.7. The van der Waals surface area contributed by atoms with E-state index >= 15 is 0 Å². The molecule has 1 aliphatic heterocycles. The van der Waals surface area contributed by atoms with Gasteiger partial charge in [-0.15, -0.1) is 0 Å². The molecule has 1 saturated heterocycles. The normalized spacial score (nSPS) is 17.1. The molecule has 1 aromatic carbocycles. The second-order valence-electron chi connectivity index (χ2n) is 6.79. The first-order chi connectivity index (χ1) is 13.6. The largest absolute Gasteiger partial charge is 0.377 e. The molecule has 7 nitrogen and oxygen atoms in total. The lowest BCUT2D eigenvalue weighted by molar-refractivity contribution is -0.139. The summed E-state index contributed by atoms with van der Waals surface area (Å²) in [5.41, 5.74) is 3.39. The van der Waals surface area contributed by atoms with Gasteiger partial charge in [0.1, 0.15) is 17.8 Å². The van der Waals surface area contributed by atoms with E-state index in [1.807, 2.05) is 13.8 Å². The van der Waals surface area contributed by atoms with Crippen LogP contribution in [-0.2, 0) is 16.0 Å². The average molecular weight is 384 g/mol. The number of morpholine rings is 1. The van der Waals surface area contributed by atoms with Gasteiger partial charge in [0.15, 0.2) is 0 Å². The zero-order valence-electron chi connectivity index (χ0n) is 15.8. The molecule has 146 valence electrons. The van der Waals surface area contributed by atoms with Crippen LogP contribution in [-0.4, -0.2) is 45.5 Å². The van der Waals surface area contributed by atoms with Crippen molar-refractivity contribution >= 4 is 5.91 Å². The maximum absolute atomic E-state index is 14.3. The van der Waals surface area contributed by atoms with Gasteiger partial charge in [-0.25, -0.2) is 9.07 Å². The summed E-state index contributed by atoms with van der Waals surface area (Å²) < 4.78 is 26.4. The van der Waals surface area contributed by atoms with Crippen LogP contribution in [0.15, 0.2) is 41.1 Å². The fraction of sp³-hybridized carbons (Fsp3) is 0.350. The Kier molecular flexibility index (Phi) is 4.95. The fourth-order valence-corrected chi connectivity index (χ4v) is 3.72. The Morgan fingerprint density at radius 2 is 2.11 bits per heavy atom. The Morgan fingerprint density at radius 1 is 1.29 bits per heavy atom. The number of halogens is 1. The summed E-state index contributed by atoms with van der Waals surface area (Å²) in [5.74, 6) is -0.404. The Labute approximate surface area is 161 Å². The van der Waals surface area contributed by atoms with Gasteiger partial charge in [0, 0.05) is 23.9 Å². The number of amides is 1. The Bertz CT molecular complexity index is 984. The summed E-state index contributed by atoms with van der Waals surface area (Å²) >= 11 is 0. The van der Waals surface area contributed by atoms with E-state index in [9.17, 15) is 9.18 Å². The molecule has 1 unspecified atom stereocenters. The van der Waals surface area contributed by atoms with E-state index in [1.165, 1.54) is 12.3 Å². The summed E-state index contributed by atoms with van der Waals surface area (Å²) in [5, 5.41) is 8.37. The van der Waals surface area contributed by atoms with Crippen molar-refractivity contribution in [2.45, 2.75) is 26.3 Å². The number of para-hydroxylation sites is 1. The molecule has 2 aromatic heterocycles. The van der Waals surface area contributed by atoms with E-state index in [0.29, 0.717) is 31.1 Å². The van der Waals surface area contributed by atoms with Crippen LogP contribution in [0.25, 0.3) is 5.69 Å². The van der Waals surface area contributed by atoms with Crippen LogP contribution >= 0.6 is 0 Å². The maximum atomic E-state index is 14.3. The van der Waals surface area contributed by atoms with Gasteiger partial charge in [-0.1, -0.05) is 17.3 Å². The summed E-state index contributed by atoms with van der Waals surface area (Å²) in [6.07, 6.45) is 1.61. The Hall–Kier alpha value is -3.00. The van der Waals surface area contributed by atoms with Crippen LogP contribution in [0.1, 0.15) is 28.7 Å². The highest BCUT2D eigenvalue weighted by atomic mass is 19.1. The molecule has 1 amide bonds. The lowest BCUT2D eigenvalue weighted by atomic mass is 10.0. The molecular weight excluding hydrogens is 363 g/mol. The van der Waals surface area contributed by atoms with E-state index in [-0.39, 0.29) is 24.2 Å². The molecule has 0 radical (unpaired) electrons. The molecule has 0 N–H and O–H groups in total. The molecule has 0 spiro atoms. The lowest BCUT2D eigenvalue weighted by Gasteiger charge is -2.36. The van der Waals surface area contributed by atoms with E-state index in [2.05, 4.69) is 10.3 Å². The number of carbonyl (C=O) groups is 1. The van der Waals surface area contributed by atoms with E-state index in [4.69, 9.17) is 9.26 Å². The molecule has 0 aliphatic carbocycles. The van der Waals surface area contributed by atoms with Gasteiger partial charge in [-0.05, 0) is 26.0 Å². The second kappa shape index (κ2) is 7.55. The third-order valence-corrected chi connectivity index (χ3v) is 5.03. The third-order valence-electron chi connectivity index (χ3n) is 5.03. The zero-order valence-corrected chi connectivity index (χ0v) is 15.8. The van der Waals surface area contributed by atoms with Gasteiger partial charge in [0.05, 0.1) is 37.1 Å². The molecule has 0 saturated carbocycles. The molecule has 3 heterocycles. The first-order valence-corrected chi connectivity index (χ1v) is 9.13. The number of ether oxygens (including phenoxy) is 1. The monoisotopic (exact) mass is 384 g/mol. The van der Waals surface area contributed by atoms with Crippen molar-refractivity contribution in [3.63, 3.8) is 0 Å². The number of benzene rings is 1. The quantitative estimate of drug-likeness (QED) is 0.692. The molecule has 28 heavy (non-hydrogen) atoms. The van der Waals surface area contributed by atoms with Crippen molar-refractivity contribution in [3.8, 4) is 5.69 Å². The van der Waals surface area contributed by atoms with Crippen molar-refractivity contribution in [1.29, 1.82) is 0 Å². The molecular formula is C20H21FN4O3. The number of rotatable bonds is 4. The van der Waals surface area contributed by atoms with E-state index in [1.54, 1.807) is 33.8 Å². The number of hydrogen-bond donors (Lipinski definition) is 0. The highest BCUT2D eigenvalue weighted by molar-refractivity contribution is 5.79. The fourth-order valence-electron chi connectivity index (χ4n) is 3.72. The van der Waals surface area contributed by atoms with Crippen molar-refractivity contribution < 1.29 is 18.4 Å². The van der Waals surface area contributed by atoms with Crippen molar-refractivity contribution in [1.82, 2.24) is 19.8 Å². The number of aryl methyl sites for hydroxylation is 1. The molecule has 1 atom stereocenters. The summed E-state index contributed by atoms with van der Waals surface area (Å²) in [7, 11) is 0. The van der Waals surface area contributed by atoms with Gasteiger partial charge in [-0.2, -0.15) is 5.10 Å². The first-order valence-electron chi connectivity index (χ1n) is 9.13. The first kappa shape index (κ1) is 18.4. The Morgan fingerprint density at radius 3 is 2.86 bits per heavy atom. The molecule has 8 heteroatoms. The molecule has 1 fully saturated rings. The van der Waals surface area contributed by atoms with Gasteiger partial charge in [0.2, 0.25) is 5.91 Å². The number of carbonyl (C=O) groups excluding carboxylic acids is 1. The van der Waals surface area contributed by atoms with E-state index < -0.39 is 0 Å². The van der Waals surface area contributed by atoms with Gasteiger partial charge < -0.3 is 14.2 Å². The minimum absolute atomic E-state index is 0.0559. The number of aromatic nitrogens is 3. The predicted octanol–water partition coefficient (Wildman–Crippen LogP) is 2.76. The van der Waals surface area contributed by atoms with Crippen LogP contribution in [0.4, 0.5) is 4.39 Å². The maximum Gasteiger partial charge on any atom is 0.229 e. The predicted molar refractivity (Wildman–Crippen MR) is 98.5 cm³/mol. The minimum Gasteiger partial charge on any atom is -0.377 e. The van der Waals surface area contributed by atoms with Crippen molar-refractivity contribution in [3.05, 3.63) is 65.1 Å². The van der Waals surface area contributed by atoms with Crippen LogP contribution < -0.4 is 0 Å². The number of hydrogen-bond acceptors (Lipinski definition) is 5. The second-order valence-corrected chi connectivity index (χ2v) is 6.79. The highest BCUT2D eigenvalue weighted by Gasteiger charge is 2.33. The zero-order chi connectivity index (χ0) is 19.7. The molecule has 1 aliphatic rings. The summed E-state index contributed by atoms with van der Waals surface area (Å²) in [6.45, 7) is 5.08. The Balaban J connectivity index is 1.68. The molecule has 0 bridgehead atoms. The SMILES string of the molecule is Cc1nn(-c2ccccc2F)c(C)c1C1COCCN1C(=O)Cc1ccon1. The highest BCUT2D eigenvalue weighted by Crippen LogP contribution is 2.31. The van der Waals surface area contributed by atoms with Gasteiger partial charge >= 0.3 is 0 Å². The van der Waals surface area contributed by atoms with Crippen LogP contribution in [0.5, 0.6) is 0 Å². The number of nitrogens with zero attached hydrogens (tertiary/aromatic N) is 4. The van der Waals surface area contributed by atoms with Crippen LogP contribution in [0.3, 0.4) is 0 Å². The smallest absolute Gasteiger partial charge is 0.229 e. The van der Waals surface area contributed by atoms with E-state index in [0.717, 1.165) is 17.0 Å². The van der Waals surface area contributed by atoms with Crippen LogP contribution in [0.2, 0.25) is 0 Å². The molecule has 4 rings (SSSR count). The van der Waals surface area contributed by atoms with Crippen molar-refractivity contribution in [2.24, 2.45) is 0 Å². The molecule has 3 aromatic rings. The standard InChI is InChI=1S/C20H21FN4O3/c1-13-20(14(2)25(22-13)17-6-4-3-5-16(17)21)18-12-27-10-8-24(18)19(26)11-15-7-9-28-23-15/h3-7,9,18H,8,10-12H2,1-2H3. The van der Waals surface area contributed by atoms with Crippen LogP contribution in [0, 0.1) is 19.7 Å². The lowest BCUT2D eigenvalue weighted by Crippen LogP contribution is -2.44. The summed E-state index contributed by atoms with van der Waals surface area (Å²) in [6, 6.07) is 7.90. The minimum atomic E-state index is -0.349. The average Bonchev–Trinajstić information content (AvgIpc) is 3.30. The van der Waals surface area contributed by atoms with Crippen molar-refractivity contribution in [2.75, 3.05) is 19.8 Å².